The number of hydrogen-bond donors (Lipinski definition) is 1. The highest BCUT2D eigenvalue weighted by Crippen LogP contribution is 2.31. The zero-order valence-corrected chi connectivity index (χ0v) is 18.2. The van der Waals surface area contributed by atoms with Gasteiger partial charge >= 0.3 is 0 Å². The van der Waals surface area contributed by atoms with Crippen molar-refractivity contribution in [1.82, 2.24) is 10.1 Å². The highest BCUT2D eigenvalue weighted by molar-refractivity contribution is 6.30. The average Bonchev–Trinajstić information content (AvgIpc) is 3.58. The Balaban J connectivity index is 1.18. The van der Waals surface area contributed by atoms with E-state index in [-0.39, 0.29) is 18.2 Å². The number of furan rings is 1. The van der Waals surface area contributed by atoms with Crippen LogP contribution in [0.15, 0.2) is 70.0 Å². The molecule has 0 atom stereocenters. The molecule has 166 valence electrons. The number of rotatable bonds is 6. The molecule has 0 fully saturated rings. The van der Waals surface area contributed by atoms with E-state index < -0.39 is 0 Å². The van der Waals surface area contributed by atoms with Crippen molar-refractivity contribution in [3.8, 4) is 11.4 Å². The van der Waals surface area contributed by atoms with Crippen LogP contribution in [0.25, 0.3) is 11.4 Å². The molecule has 2 aromatic carbocycles. The second-order valence-electron chi connectivity index (χ2n) is 7.63. The zero-order valence-electron chi connectivity index (χ0n) is 17.5. The molecule has 1 N–H and O–H groups in total. The third-order valence-electron chi connectivity index (χ3n) is 5.41. The van der Waals surface area contributed by atoms with E-state index in [9.17, 15) is 9.59 Å². The topological polar surface area (TPSA) is 101 Å². The molecule has 0 radical (unpaired) electrons. The number of benzene rings is 2. The van der Waals surface area contributed by atoms with Gasteiger partial charge in [-0.2, -0.15) is 4.98 Å². The maximum atomic E-state index is 12.6. The van der Waals surface area contributed by atoms with E-state index in [2.05, 4.69) is 15.5 Å². The summed E-state index contributed by atoms with van der Waals surface area (Å²) in [7, 11) is 0. The summed E-state index contributed by atoms with van der Waals surface area (Å²) in [6.07, 6.45) is 4.17. The Morgan fingerprint density at radius 2 is 1.97 bits per heavy atom. The molecule has 0 spiro atoms. The molecule has 0 saturated carbocycles. The number of amides is 2. The number of aryl methyl sites for hydroxylation is 1. The number of nitrogens with one attached hydrogen (secondary N) is 1. The maximum Gasteiger partial charge on any atom is 0.261 e. The van der Waals surface area contributed by atoms with Crippen LogP contribution in [0, 0.1) is 0 Å². The van der Waals surface area contributed by atoms with Crippen molar-refractivity contribution in [1.29, 1.82) is 0 Å². The molecule has 0 unspecified atom stereocenters. The second kappa shape index (κ2) is 8.91. The lowest BCUT2D eigenvalue weighted by Gasteiger charge is -2.16. The van der Waals surface area contributed by atoms with Crippen LogP contribution in [0.1, 0.15) is 28.2 Å². The molecular weight excluding hydrogens is 444 g/mol. The lowest BCUT2D eigenvalue weighted by Crippen LogP contribution is -2.28. The minimum Gasteiger partial charge on any atom is -0.472 e. The number of carbonyl (C=O) groups excluding carboxylic acids is 2. The molecule has 2 amide bonds. The summed E-state index contributed by atoms with van der Waals surface area (Å²) in [6, 6.07) is 14.3. The third-order valence-corrected chi connectivity index (χ3v) is 5.66. The first-order chi connectivity index (χ1) is 16.1. The lowest BCUT2D eigenvalue weighted by molar-refractivity contribution is -0.116. The maximum absolute atomic E-state index is 12.6. The second-order valence-corrected chi connectivity index (χ2v) is 8.07. The van der Waals surface area contributed by atoms with E-state index >= 15 is 0 Å². The summed E-state index contributed by atoms with van der Waals surface area (Å²) >= 11 is 5.90. The summed E-state index contributed by atoms with van der Waals surface area (Å²) in [4.78, 5) is 31.1. The Bertz CT molecular complexity index is 1300. The summed E-state index contributed by atoms with van der Waals surface area (Å²) in [6.45, 7) is 0.587. The Kier molecular flexibility index (Phi) is 5.66. The smallest absolute Gasteiger partial charge is 0.261 e. The van der Waals surface area contributed by atoms with Gasteiger partial charge in [0, 0.05) is 41.3 Å². The van der Waals surface area contributed by atoms with Crippen molar-refractivity contribution >= 4 is 34.8 Å². The molecule has 8 nitrogen and oxygen atoms in total. The molecular formula is C24H19ClN4O4. The fourth-order valence-corrected chi connectivity index (χ4v) is 3.88. The fourth-order valence-electron chi connectivity index (χ4n) is 3.75. The summed E-state index contributed by atoms with van der Waals surface area (Å²) in [5.41, 5.74) is 3.84. The van der Waals surface area contributed by atoms with Crippen LogP contribution in [0.5, 0.6) is 0 Å². The van der Waals surface area contributed by atoms with Crippen LogP contribution >= 0.6 is 11.6 Å². The monoisotopic (exact) mass is 462 g/mol. The molecule has 0 bridgehead atoms. The van der Waals surface area contributed by atoms with E-state index in [1.807, 2.05) is 12.1 Å². The van der Waals surface area contributed by atoms with Crippen molar-refractivity contribution in [3.05, 3.63) is 83.1 Å². The number of fused-ring (bicyclic) bond motifs is 1. The van der Waals surface area contributed by atoms with E-state index in [1.54, 1.807) is 41.3 Å². The number of nitrogens with zero attached hydrogens (tertiary/aromatic N) is 3. The molecule has 4 aromatic rings. The van der Waals surface area contributed by atoms with E-state index in [4.69, 9.17) is 20.5 Å². The fraction of sp³-hybridized carbons (Fsp3) is 0.167. The summed E-state index contributed by atoms with van der Waals surface area (Å²) < 4.78 is 10.3. The summed E-state index contributed by atoms with van der Waals surface area (Å²) in [5, 5.41) is 7.48. The first kappa shape index (κ1) is 21.0. The first-order valence-corrected chi connectivity index (χ1v) is 10.8. The molecule has 9 heteroatoms. The summed E-state index contributed by atoms with van der Waals surface area (Å²) in [5.74, 6) is 0.579. The van der Waals surface area contributed by atoms with Crippen molar-refractivity contribution < 1.29 is 18.5 Å². The van der Waals surface area contributed by atoms with Gasteiger partial charge in [0.15, 0.2) is 0 Å². The number of carbonyl (C=O) groups is 2. The van der Waals surface area contributed by atoms with Gasteiger partial charge in [0.25, 0.3) is 5.91 Å². The van der Waals surface area contributed by atoms with Gasteiger partial charge in [-0.3, -0.25) is 9.59 Å². The highest BCUT2D eigenvalue weighted by atomic mass is 35.5. The Morgan fingerprint density at radius 1 is 1.12 bits per heavy atom. The van der Waals surface area contributed by atoms with Gasteiger partial charge in [-0.25, -0.2) is 0 Å². The van der Waals surface area contributed by atoms with E-state index in [0.717, 1.165) is 23.2 Å². The number of aromatic nitrogens is 2. The molecule has 3 heterocycles. The van der Waals surface area contributed by atoms with Gasteiger partial charge in [0.1, 0.15) is 6.26 Å². The van der Waals surface area contributed by atoms with Gasteiger partial charge in [-0.05, 0) is 60.5 Å². The minimum absolute atomic E-state index is 0.100. The number of anilines is 2. The van der Waals surface area contributed by atoms with Crippen LogP contribution in [-0.2, 0) is 17.6 Å². The standard InChI is InChI=1S/C24H19ClN4O4/c25-18-3-1-15(2-4-18)23-27-22(33-28-23)8-7-21(30)26-19-5-6-20-16(13-19)9-11-29(20)24(31)17-10-12-32-14-17/h1-6,10,12-14H,7-9,11H2,(H,26,30). The Labute approximate surface area is 194 Å². The Hall–Kier alpha value is -3.91. The molecule has 2 aromatic heterocycles. The van der Waals surface area contributed by atoms with Crippen molar-refractivity contribution in [2.75, 3.05) is 16.8 Å². The predicted molar refractivity (Wildman–Crippen MR) is 122 cm³/mol. The lowest BCUT2D eigenvalue weighted by atomic mass is 10.1. The van der Waals surface area contributed by atoms with Crippen molar-refractivity contribution in [2.45, 2.75) is 19.3 Å². The molecule has 0 saturated heterocycles. The van der Waals surface area contributed by atoms with Crippen LogP contribution in [0.3, 0.4) is 0 Å². The van der Waals surface area contributed by atoms with E-state index in [0.29, 0.717) is 41.0 Å². The quantitative estimate of drug-likeness (QED) is 0.443. The molecule has 33 heavy (non-hydrogen) atoms. The van der Waals surface area contributed by atoms with Gasteiger partial charge in [0.2, 0.25) is 17.6 Å². The van der Waals surface area contributed by atoms with Crippen LogP contribution in [0.2, 0.25) is 5.02 Å². The zero-order chi connectivity index (χ0) is 22.8. The normalized spacial score (nSPS) is 12.6. The van der Waals surface area contributed by atoms with Gasteiger partial charge < -0.3 is 19.2 Å². The largest absolute Gasteiger partial charge is 0.472 e. The minimum atomic E-state index is -0.162. The molecule has 5 rings (SSSR count). The van der Waals surface area contributed by atoms with E-state index in [1.165, 1.54) is 12.5 Å². The number of halogens is 1. The Morgan fingerprint density at radius 3 is 2.76 bits per heavy atom. The predicted octanol–water partition coefficient (Wildman–Crippen LogP) is 4.76. The SMILES string of the molecule is O=C(CCc1nc(-c2ccc(Cl)cc2)no1)Nc1ccc2c(c1)CCN2C(=O)c1ccoc1. The molecule has 1 aliphatic heterocycles. The van der Waals surface area contributed by atoms with Crippen LogP contribution < -0.4 is 10.2 Å². The van der Waals surface area contributed by atoms with Crippen LogP contribution in [-0.4, -0.2) is 28.5 Å². The molecule has 1 aliphatic rings. The van der Waals surface area contributed by atoms with Gasteiger partial charge in [0.05, 0.1) is 11.8 Å². The first-order valence-electron chi connectivity index (χ1n) is 10.4. The van der Waals surface area contributed by atoms with Gasteiger partial charge in [-0.1, -0.05) is 16.8 Å². The van der Waals surface area contributed by atoms with Crippen molar-refractivity contribution in [3.63, 3.8) is 0 Å². The average molecular weight is 463 g/mol. The third kappa shape index (κ3) is 4.51. The highest BCUT2D eigenvalue weighted by Gasteiger charge is 2.26. The van der Waals surface area contributed by atoms with Crippen molar-refractivity contribution in [2.24, 2.45) is 0 Å². The molecule has 0 aliphatic carbocycles. The van der Waals surface area contributed by atoms with Crippen LogP contribution in [0.4, 0.5) is 11.4 Å². The number of hydrogen-bond acceptors (Lipinski definition) is 6. The van der Waals surface area contributed by atoms with Gasteiger partial charge in [-0.15, -0.1) is 0 Å².